The molecule has 0 spiro atoms. The Bertz CT molecular complexity index is 623. The number of nitrogens with one attached hydrogen (secondary N) is 1. The van der Waals surface area contributed by atoms with E-state index < -0.39 is 12.0 Å². The molecule has 0 fully saturated rings. The molecule has 0 unspecified atom stereocenters. The van der Waals surface area contributed by atoms with E-state index in [2.05, 4.69) is 10.4 Å². The van der Waals surface area contributed by atoms with Gasteiger partial charge in [0.2, 0.25) is 0 Å². The fraction of sp³-hybridized carbons (Fsp3) is 0.375. The number of halogens is 1. The average Bonchev–Trinajstić information content (AvgIpc) is 2.92. The summed E-state index contributed by atoms with van der Waals surface area (Å²) in [4.78, 5) is 11.2. The number of benzene rings is 1. The maximum absolute atomic E-state index is 11.2. The molecule has 0 saturated carbocycles. The van der Waals surface area contributed by atoms with Crippen molar-refractivity contribution < 1.29 is 9.90 Å². The Morgan fingerprint density at radius 2 is 2.05 bits per heavy atom. The molecule has 1 aromatic heterocycles. The van der Waals surface area contributed by atoms with E-state index in [1.807, 2.05) is 32.2 Å². The van der Waals surface area contributed by atoms with Crippen LogP contribution in [-0.4, -0.2) is 26.9 Å². The molecular formula is C16H20ClN3O2. The van der Waals surface area contributed by atoms with Gasteiger partial charge in [0.25, 0.3) is 0 Å². The Balaban J connectivity index is 1.99. The summed E-state index contributed by atoms with van der Waals surface area (Å²) in [6.45, 7) is 4.49. The molecule has 2 aromatic rings. The van der Waals surface area contributed by atoms with Crippen molar-refractivity contribution in [1.29, 1.82) is 0 Å². The van der Waals surface area contributed by atoms with Gasteiger partial charge in [-0.25, -0.2) is 4.68 Å². The third-order valence-electron chi connectivity index (χ3n) is 3.29. The quantitative estimate of drug-likeness (QED) is 0.822. The Kier molecular flexibility index (Phi) is 5.57. The molecule has 0 aliphatic rings. The smallest absolute Gasteiger partial charge is 0.320 e. The zero-order chi connectivity index (χ0) is 16.1. The summed E-state index contributed by atoms with van der Waals surface area (Å²) >= 11 is 5.86. The number of hydrogen-bond donors (Lipinski definition) is 2. The maximum atomic E-state index is 11.2. The van der Waals surface area contributed by atoms with E-state index in [4.69, 9.17) is 11.6 Å². The molecule has 0 saturated heterocycles. The SMILES string of the molecule is CC(C)C[C@@H](NCc1cnn(-c2ccc(Cl)cc2)c1)C(=O)O. The van der Waals surface area contributed by atoms with Crippen LogP contribution in [0.3, 0.4) is 0 Å². The fourth-order valence-corrected chi connectivity index (χ4v) is 2.30. The van der Waals surface area contributed by atoms with E-state index in [0.29, 0.717) is 23.9 Å². The largest absolute Gasteiger partial charge is 0.480 e. The van der Waals surface area contributed by atoms with Crippen molar-refractivity contribution in [2.45, 2.75) is 32.9 Å². The molecule has 0 aliphatic heterocycles. The molecule has 2 N–H and O–H groups in total. The Morgan fingerprint density at radius 3 is 2.64 bits per heavy atom. The summed E-state index contributed by atoms with van der Waals surface area (Å²) in [7, 11) is 0. The number of rotatable bonds is 7. The summed E-state index contributed by atoms with van der Waals surface area (Å²) in [5, 5.41) is 17.2. The molecule has 0 aliphatic carbocycles. The van der Waals surface area contributed by atoms with Crippen LogP contribution in [0.2, 0.25) is 5.02 Å². The van der Waals surface area contributed by atoms with E-state index in [1.165, 1.54) is 0 Å². The molecule has 118 valence electrons. The Labute approximate surface area is 134 Å². The summed E-state index contributed by atoms with van der Waals surface area (Å²) < 4.78 is 1.74. The zero-order valence-corrected chi connectivity index (χ0v) is 13.4. The molecule has 1 aromatic carbocycles. The number of nitrogens with zero attached hydrogens (tertiary/aromatic N) is 2. The minimum Gasteiger partial charge on any atom is -0.480 e. The number of aliphatic carboxylic acids is 1. The lowest BCUT2D eigenvalue weighted by atomic mass is 10.0. The van der Waals surface area contributed by atoms with Crippen LogP contribution in [-0.2, 0) is 11.3 Å². The van der Waals surface area contributed by atoms with Gasteiger partial charge in [0, 0.05) is 23.3 Å². The zero-order valence-electron chi connectivity index (χ0n) is 12.7. The summed E-state index contributed by atoms with van der Waals surface area (Å²) in [5.74, 6) is -0.496. The predicted molar refractivity (Wildman–Crippen MR) is 86.3 cm³/mol. The Morgan fingerprint density at radius 1 is 1.36 bits per heavy atom. The van der Waals surface area contributed by atoms with Crippen LogP contribution in [0.25, 0.3) is 5.69 Å². The highest BCUT2D eigenvalue weighted by molar-refractivity contribution is 6.30. The van der Waals surface area contributed by atoms with E-state index >= 15 is 0 Å². The van der Waals surface area contributed by atoms with E-state index in [1.54, 1.807) is 23.0 Å². The average molecular weight is 322 g/mol. The van der Waals surface area contributed by atoms with Gasteiger partial charge in [0.15, 0.2) is 0 Å². The second-order valence-corrected chi connectivity index (χ2v) is 6.11. The highest BCUT2D eigenvalue weighted by Crippen LogP contribution is 2.13. The maximum Gasteiger partial charge on any atom is 0.320 e. The van der Waals surface area contributed by atoms with Crippen molar-refractivity contribution >= 4 is 17.6 Å². The number of aromatic nitrogens is 2. The molecule has 0 radical (unpaired) electrons. The van der Waals surface area contributed by atoms with Crippen LogP contribution in [0.5, 0.6) is 0 Å². The van der Waals surface area contributed by atoms with Crippen molar-refractivity contribution in [2.24, 2.45) is 5.92 Å². The fourth-order valence-electron chi connectivity index (χ4n) is 2.17. The molecule has 22 heavy (non-hydrogen) atoms. The van der Waals surface area contributed by atoms with Crippen molar-refractivity contribution in [1.82, 2.24) is 15.1 Å². The molecule has 5 nitrogen and oxygen atoms in total. The number of hydrogen-bond acceptors (Lipinski definition) is 3. The highest BCUT2D eigenvalue weighted by Gasteiger charge is 2.18. The molecule has 1 heterocycles. The van der Waals surface area contributed by atoms with Gasteiger partial charge < -0.3 is 10.4 Å². The first-order chi connectivity index (χ1) is 10.5. The first kappa shape index (κ1) is 16.5. The lowest BCUT2D eigenvalue weighted by Gasteiger charge is -2.15. The van der Waals surface area contributed by atoms with Crippen molar-refractivity contribution in [3.8, 4) is 5.69 Å². The normalized spacial score (nSPS) is 12.5. The van der Waals surface area contributed by atoms with Gasteiger partial charge in [0.1, 0.15) is 6.04 Å². The van der Waals surface area contributed by atoms with Gasteiger partial charge in [0.05, 0.1) is 11.9 Å². The van der Waals surface area contributed by atoms with E-state index in [0.717, 1.165) is 11.3 Å². The molecule has 0 bridgehead atoms. The summed E-state index contributed by atoms with van der Waals surface area (Å²) in [6.07, 6.45) is 4.21. The monoisotopic (exact) mass is 321 g/mol. The lowest BCUT2D eigenvalue weighted by Crippen LogP contribution is -2.37. The molecule has 0 amide bonds. The molecular weight excluding hydrogens is 302 g/mol. The summed E-state index contributed by atoms with van der Waals surface area (Å²) in [5.41, 5.74) is 1.84. The molecule has 1 atom stereocenters. The number of carbonyl (C=O) groups is 1. The van der Waals surface area contributed by atoms with E-state index in [-0.39, 0.29) is 0 Å². The van der Waals surface area contributed by atoms with Gasteiger partial charge >= 0.3 is 5.97 Å². The van der Waals surface area contributed by atoms with Crippen LogP contribution in [0.1, 0.15) is 25.8 Å². The minimum absolute atomic E-state index is 0.324. The van der Waals surface area contributed by atoms with Gasteiger partial charge in [-0.1, -0.05) is 25.4 Å². The second kappa shape index (κ2) is 7.42. The van der Waals surface area contributed by atoms with Crippen LogP contribution in [0.4, 0.5) is 0 Å². The number of carboxylic acid groups (broad SMARTS) is 1. The predicted octanol–water partition coefficient (Wildman–Crippen LogP) is 3.11. The third kappa shape index (κ3) is 4.58. The van der Waals surface area contributed by atoms with Gasteiger partial charge in [-0.15, -0.1) is 0 Å². The lowest BCUT2D eigenvalue weighted by molar-refractivity contribution is -0.140. The van der Waals surface area contributed by atoms with Gasteiger partial charge in [-0.3, -0.25) is 4.79 Å². The topological polar surface area (TPSA) is 67.2 Å². The van der Waals surface area contributed by atoms with Crippen LogP contribution in [0.15, 0.2) is 36.7 Å². The molecule has 2 rings (SSSR count). The van der Waals surface area contributed by atoms with Crippen molar-refractivity contribution in [3.63, 3.8) is 0 Å². The minimum atomic E-state index is -0.821. The van der Waals surface area contributed by atoms with Crippen LogP contribution in [0, 0.1) is 5.92 Å². The van der Waals surface area contributed by atoms with Crippen molar-refractivity contribution in [2.75, 3.05) is 0 Å². The highest BCUT2D eigenvalue weighted by atomic mass is 35.5. The first-order valence-corrected chi connectivity index (χ1v) is 7.59. The Hall–Kier alpha value is -1.85. The number of carboxylic acids is 1. The third-order valence-corrected chi connectivity index (χ3v) is 3.54. The second-order valence-electron chi connectivity index (χ2n) is 5.67. The van der Waals surface area contributed by atoms with Crippen molar-refractivity contribution in [3.05, 3.63) is 47.2 Å². The standard InChI is InChI=1S/C16H20ClN3O2/c1-11(2)7-15(16(21)22)18-8-12-9-19-20(10-12)14-5-3-13(17)4-6-14/h3-6,9-11,15,18H,7-8H2,1-2H3,(H,21,22)/t15-/m1/s1. The van der Waals surface area contributed by atoms with Gasteiger partial charge in [-0.2, -0.15) is 5.10 Å². The van der Waals surface area contributed by atoms with E-state index in [9.17, 15) is 9.90 Å². The van der Waals surface area contributed by atoms with Gasteiger partial charge in [-0.05, 0) is 36.6 Å². The summed E-state index contributed by atoms with van der Waals surface area (Å²) in [6, 6.07) is 6.83. The molecule has 6 heteroatoms. The van der Waals surface area contributed by atoms with Crippen LogP contribution >= 0.6 is 11.6 Å². The first-order valence-electron chi connectivity index (χ1n) is 7.21. The van der Waals surface area contributed by atoms with Crippen LogP contribution < -0.4 is 5.32 Å².